The van der Waals surface area contributed by atoms with Gasteiger partial charge in [0.05, 0.1) is 0 Å². The molecule has 24 heavy (non-hydrogen) atoms. The highest BCUT2D eigenvalue weighted by Crippen LogP contribution is 2.20. The van der Waals surface area contributed by atoms with Crippen molar-refractivity contribution in [1.82, 2.24) is 10.2 Å². The van der Waals surface area contributed by atoms with Crippen molar-refractivity contribution in [3.63, 3.8) is 0 Å². The number of hydrogen-bond donors (Lipinski definition) is 1. The van der Waals surface area contributed by atoms with E-state index in [0.717, 1.165) is 64.1 Å². The number of rotatable bonds is 8. The summed E-state index contributed by atoms with van der Waals surface area (Å²) in [6.45, 7) is 12.4. The highest BCUT2D eigenvalue weighted by molar-refractivity contribution is 5.94. The number of piperidine rings is 1. The van der Waals surface area contributed by atoms with Crippen LogP contribution in [0.25, 0.3) is 0 Å². The first-order valence-electron chi connectivity index (χ1n) is 9.54. The summed E-state index contributed by atoms with van der Waals surface area (Å²) in [5, 5.41) is 3.42. The van der Waals surface area contributed by atoms with Crippen molar-refractivity contribution in [1.29, 1.82) is 0 Å². The van der Waals surface area contributed by atoms with Crippen molar-refractivity contribution in [2.75, 3.05) is 44.2 Å². The minimum Gasteiger partial charge on any atom is -0.372 e. The first-order valence-corrected chi connectivity index (χ1v) is 9.54. The molecule has 1 aromatic rings. The molecule has 1 N–H and O–H groups in total. The highest BCUT2D eigenvalue weighted by atomic mass is 16.2. The standard InChI is InChI=1S/C20H33N3O/c1-4-13-22(6-3)19-9-7-18(8-10-19)20(24)23-14-11-17(12-15-23)16-21-5-2/h7-10,17,21H,4-6,11-16H2,1-3H3. The van der Waals surface area contributed by atoms with E-state index in [1.54, 1.807) is 0 Å². The van der Waals surface area contributed by atoms with Gasteiger partial charge in [0.2, 0.25) is 0 Å². The van der Waals surface area contributed by atoms with Crippen LogP contribution in [0.3, 0.4) is 0 Å². The molecular formula is C20H33N3O. The molecule has 1 aliphatic heterocycles. The van der Waals surface area contributed by atoms with E-state index in [1.807, 2.05) is 17.0 Å². The lowest BCUT2D eigenvalue weighted by Crippen LogP contribution is -2.40. The summed E-state index contributed by atoms with van der Waals surface area (Å²) in [5.74, 6) is 0.894. The van der Waals surface area contributed by atoms with Crippen LogP contribution < -0.4 is 10.2 Å². The van der Waals surface area contributed by atoms with Crippen molar-refractivity contribution in [2.24, 2.45) is 5.92 Å². The SMILES string of the molecule is CCCN(CC)c1ccc(C(=O)N2CCC(CNCC)CC2)cc1. The van der Waals surface area contributed by atoms with Gasteiger partial charge >= 0.3 is 0 Å². The quantitative estimate of drug-likeness (QED) is 0.793. The van der Waals surface area contributed by atoms with Gasteiger partial charge in [-0.3, -0.25) is 4.79 Å². The lowest BCUT2D eigenvalue weighted by Gasteiger charge is -2.32. The third-order valence-corrected chi connectivity index (χ3v) is 4.94. The van der Waals surface area contributed by atoms with Crippen molar-refractivity contribution in [3.8, 4) is 0 Å². The zero-order chi connectivity index (χ0) is 17.4. The monoisotopic (exact) mass is 331 g/mol. The average molecular weight is 332 g/mol. The lowest BCUT2D eigenvalue weighted by atomic mass is 9.96. The molecule has 1 aromatic carbocycles. The molecule has 0 aliphatic carbocycles. The molecule has 1 saturated heterocycles. The molecule has 0 radical (unpaired) electrons. The maximum absolute atomic E-state index is 12.7. The summed E-state index contributed by atoms with van der Waals surface area (Å²) in [6.07, 6.45) is 3.35. The van der Waals surface area contributed by atoms with Crippen LogP contribution in [0.15, 0.2) is 24.3 Å². The Morgan fingerprint density at radius 3 is 2.38 bits per heavy atom. The van der Waals surface area contributed by atoms with Gasteiger partial charge in [-0.15, -0.1) is 0 Å². The Balaban J connectivity index is 1.91. The van der Waals surface area contributed by atoms with Crippen molar-refractivity contribution < 1.29 is 4.79 Å². The Morgan fingerprint density at radius 1 is 1.17 bits per heavy atom. The van der Waals surface area contributed by atoms with E-state index in [2.05, 4.69) is 43.1 Å². The van der Waals surface area contributed by atoms with Crippen LogP contribution in [0.1, 0.15) is 50.4 Å². The molecule has 1 fully saturated rings. The van der Waals surface area contributed by atoms with Crippen LogP contribution in [-0.2, 0) is 0 Å². The molecule has 0 spiro atoms. The van der Waals surface area contributed by atoms with Gasteiger partial charge in [0, 0.05) is 37.4 Å². The van der Waals surface area contributed by atoms with E-state index < -0.39 is 0 Å². The number of benzene rings is 1. The minimum absolute atomic E-state index is 0.182. The molecule has 1 amide bonds. The summed E-state index contributed by atoms with van der Waals surface area (Å²) in [6, 6.07) is 8.15. The third-order valence-electron chi connectivity index (χ3n) is 4.94. The highest BCUT2D eigenvalue weighted by Gasteiger charge is 2.23. The second kappa shape index (κ2) is 9.67. The van der Waals surface area contributed by atoms with E-state index in [-0.39, 0.29) is 5.91 Å². The van der Waals surface area contributed by atoms with Gasteiger partial charge in [0.25, 0.3) is 5.91 Å². The molecule has 0 bridgehead atoms. The second-order valence-electron chi connectivity index (χ2n) is 6.67. The second-order valence-corrected chi connectivity index (χ2v) is 6.67. The fourth-order valence-corrected chi connectivity index (χ4v) is 3.43. The van der Waals surface area contributed by atoms with Gasteiger partial charge < -0.3 is 15.1 Å². The summed E-state index contributed by atoms with van der Waals surface area (Å²) in [4.78, 5) is 17.1. The Morgan fingerprint density at radius 2 is 1.83 bits per heavy atom. The molecular weight excluding hydrogens is 298 g/mol. The van der Waals surface area contributed by atoms with Gasteiger partial charge in [-0.2, -0.15) is 0 Å². The number of hydrogen-bond acceptors (Lipinski definition) is 3. The van der Waals surface area contributed by atoms with Crippen LogP contribution in [0.4, 0.5) is 5.69 Å². The van der Waals surface area contributed by atoms with Crippen molar-refractivity contribution >= 4 is 11.6 Å². The Hall–Kier alpha value is -1.55. The normalized spacial score (nSPS) is 15.5. The van der Waals surface area contributed by atoms with Crippen LogP contribution in [0, 0.1) is 5.92 Å². The molecule has 1 aliphatic rings. The first-order chi connectivity index (χ1) is 11.7. The predicted molar refractivity (Wildman–Crippen MR) is 102 cm³/mol. The molecule has 4 heteroatoms. The zero-order valence-corrected chi connectivity index (χ0v) is 15.6. The number of anilines is 1. The molecule has 0 unspecified atom stereocenters. The predicted octanol–water partition coefficient (Wildman–Crippen LogP) is 3.38. The van der Waals surface area contributed by atoms with Crippen molar-refractivity contribution in [3.05, 3.63) is 29.8 Å². The summed E-state index contributed by atoms with van der Waals surface area (Å²) < 4.78 is 0. The van der Waals surface area contributed by atoms with E-state index in [0.29, 0.717) is 5.92 Å². The van der Waals surface area contributed by atoms with E-state index in [1.165, 1.54) is 5.69 Å². The summed E-state index contributed by atoms with van der Waals surface area (Å²) >= 11 is 0. The number of nitrogens with zero attached hydrogens (tertiary/aromatic N) is 2. The summed E-state index contributed by atoms with van der Waals surface area (Å²) in [5.41, 5.74) is 2.02. The molecule has 0 saturated carbocycles. The maximum Gasteiger partial charge on any atom is 0.253 e. The van der Waals surface area contributed by atoms with E-state index in [9.17, 15) is 4.79 Å². The van der Waals surface area contributed by atoms with Crippen LogP contribution in [0.5, 0.6) is 0 Å². The fraction of sp³-hybridized carbons (Fsp3) is 0.650. The molecule has 1 heterocycles. The Kier molecular flexibility index (Phi) is 7.57. The number of carbonyl (C=O) groups excluding carboxylic acids is 1. The fourth-order valence-electron chi connectivity index (χ4n) is 3.43. The topological polar surface area (TPSA) is 35.6 Å². The summed E-state index contributed by atoms with van der Waals surface area (Å²) in [7, 11) is 0. The van der Waals surface area contributed by atoms with E-state index in [4.69, 9.17) is 0 Å². The number of carbonyl (C=O) groups is 1. The Bertz CT molecular complexity index is 492. The molecule has 134 valence electrons. The number of amides is 1. The van der Waals surface area contributed by atoms with Gasteiger partial charge in [-0.05, 0) is 69.5 Å². The van der Waals surface area contributed by atoms with Crippen LogP contribution >= 0.6 is 0 Å². The lowest BCUT2D eigenvalue weighted by molar-refractivity contribution is 0.0690. The molecule has 2 rings (SSSR count). The smallest absolute Gasteiger partial charge is 0.253 e. The largest absolute Gasteiger partial charge is 0.372 e. The molecule has 4 nitrogen and oxygen atoms in total. The van der Waals surface area contributed by atoms with Crippen LogP contribution in [-0.4, -0.2) is 50.1 Å². The van der Waals surface area contributed by atoms with Gasteiger partial charge in [-0.25, -0.2) is 0 Å². The van der Waals surface area contributed by atoms with Crippen LogP contribution in [0.2, 0.25) is 0 Å². The van der Waals surface area contributed by atoms with Gasteiger partial charge in [-0.1, -0.05) is 13.8 Å². The van der Waals surface area contributed by atoms with Crippen molar-refractivity contribution in [2.45, 2.75) is 40.0 Å². The maximum atomic E-state index is 12.7. The zero-order valence-electron chi connectivity index (χ0n) is 15.6. The average Bonchev–Trinajstić information content (AvgIpc) is 2.64. The van der Waals surface area contributed by atoms with Gasteiger partial charge in [0.15, 0.2) is 0 Å². The minimum atomic E-state index is 0.182. The van der Waals surface area contributed by atoms with Gasteiger partial charge in [0.1, 0.15) is 0 Å². The third kappa shape index (κ3) is 4.97. The Labute approximate surface area is 147 Å². The molecule has 0 aromatic heterocycles. The van der Waals surface area contributed by atoms with E-state index >= 15 is 0 Å². The number of nitrogens with one attached hydrogen (secondary N) is 1. The first kappa shape index (κ1) is 18.8. The number of likely N-dealkylation sites (tertiary alicyclic amines) is 1. The molecule has 0 atom stereocenters.